The zero-order valence-electron chi connectivity index (χ0n) is 10.7. The average molecular weight is 243 g/mol. The highest BCUT2D eigenvalue weighted by molar-refractivity contribution is 5.77. The van der Waals surface area contributed by atoms with Crippen molar-refractivity contribution < 1.29 is 0 Å². The minimum Gasteiger partial charge on any atom is -0.397 e. The highest BCUT2D eigenvalue weighted by Crippen LogP contribution is 2.31. The first-order valence-corrected chi connectivity index (χ1v) is 6.24. The molecule has 5 nitrogen and oxygen atoms in total. The molecular formula is C13H17N5. The fourth-order valence-electron chi connectivity index (χ4n) is 2.48. The van der Waals surface area contributed by atoms with Gasteiger partial charge in [-0.1, -0.05) is 6.92 Å². The summed E-state index contributed by atoms with van der Waals surface area (Å²) in [5, 5.41) is 0. The number of anilines is 1. The van der Waals surface area contributed by atoms with Gasteiger partial charge in [-0.15, -0.1) is 0 Å². The lowest BCUT2D eigenvalue weighted by Crippen LogP contribution is -2.33. The van der Waals surface area contributed by atoms with Crippen LogP contribution in [-0.4, -0.2) is 27.5 Å². The fraction of sp³-hybridized carbons (Fsp3) is 0.385. The Morgan fingerprint density at radius 2 is 2.22 bits per heavy atom. The van der Waals surface area contributed by atoms with E-state index in [-0.39, 0.29) is 0 Å². The maximum absolute atomic E-state index is 6.16. The van der Waals surface area contributed by atoms with E-state index >= 15 is 0 Å². The van der Waals surface area contributed by atoms with Gasteiger partial charge >= 0.3 is 0 Å². The Hall–Kier alpha value is -2.04. The van der Waals surface area contributed by atoms with Crippen LogP contribution >= 0.6 is 0 Å². The highest BCUT2D eigenvalue weighted by atomic mass is 15.2. The number of hydrogen-bond donors (Lipinski definition) is 1. The molecule has 0 unspecified atom stereocenters. The van der Waals surface area contributed by atoms with E-state index in [1.165, 1.54) is 5.57 Å². The first-order chi connectivity index (χ1) is 8.72. The number of nitrogens with zero attached hydrogens (tertiary/aromatic N) is 4. The van der Waals surface area contributed by atoms with Gasteiger partial charge in [0, 0.05) is 13.1 Å². The lowest BCUT2D eigenvalue weighted by molar-refractivity contribution is 0.764. The molecule has 0 fully saturated rings. The molecule has 3 rings (SSSR count). The van der Waals surface area contributed by atoms with E-state index in [9.17, 15) is 0 Å². The molecule has 0 atom stereocenters. The van der Waals surface area contributed by atoms with Crippen LogP contribution in [0.2, 0.25) is 0 Å². The van der Waals surface area contributed by atoms with Crippen molar-refractivity contribution in [3.63, 3.8) is 0 Å². The molecule has 2 aromatic rings. The summed E-state index contributed by atoms with van der Waals surface area (Å²) in [4.78, 5) is 11.0. The van der Waals surface area contributed by atoms with Crippen molar-refractivity contribution in [1.29, 1.82) is 0 Å². The molecular weight excluding hydrogens is 226 g/mol. The predicted octanol–water partition coefficient (Wildman–Crippen LogP) is 1.65. The molecule has 0 aromatic carbocycles. The van der Waals surface area contributed by atoms with E-state index < -0.39 is 0 Å². The Balaban J connectivity index is 2.28. The molecule has 18 heavy (non-hydrogen) atoms. The van der Waals surface area contributed by atoms with Gasteiger partial charge in [-0.2, -0.15) is 0 Å². The minimum absolute atomic E-state index is 0.799. The van der Waals surface area contributed by atoms with E-state index in [0.29, 0.717) is 0 Å². The van der Waals surface area contributed by atoms with Gasteiger partial charge in [0.05, 0.1) is 23.6 Å². The lowest BCUT2D eigenvalue weighted by atomic mass is 10.1. The molecule has 1 aliphatic rings. The van der Waals surface area contributed by atoms with Crippen LogP contribution in [0.15, 0.2) is 24.3 Å². The molecule has 0 aliphatic carbocycles. The topological polar surface area (TPSA) is 59.5 Å². The summed E-state index contributed by atoms with van der Waals surface area (Å²) in [6, 6.07) is 0. The summed E-state index contributed by atoms with van der Waals surface area (Å²) in [6.07, 6.45) is 6.56. The van der Waals surface area contributed by atoms with Crippen LogP contribution in [0.3, 0.4) is 0 Å². The maximum Gasteiger partial charge on any atom is 0.143 e. The van der Waals surface area contributed by atoms with Crippen LogP contribution in [0.1, 0.15) is 26.0 Å². The van der Waals surface area contributed by atoms with E-state index in [1.807, 2.05) is 18.7 Å². The molecule has 3 heterocycles. The zero-order valence-corrected chi connectivity index (χ0v) is 10.7. The fourth-order valence-corrected chi connectivity index (χ4v) is 2.48. The van der Waals surface area contributed by atoms with Gasteiger partial charge in [0.1, 0.15) is 17.8 Å². The highest BCUT2D eigenvalue weighted by Gasteiger charge is 2.24. The maximum atomic E-state index is 6.16. The van der Waals surface area contributed by atoms with Gasteiger partial charge in [0.2, 0.25) is 0 Å². The molecule has 2 N–H and O–H groups in total. The number of rotatable bonds is 2. The molecule has 0 amide bonds. The van der Waals surface area contributed by atoms with Gasteiger partial charge in [-0.3, -0.25) is 4.40 Å². The van der Waals surface area contributed by atoms with Crippen molar-refractivity contribution in [3.8, 4) is 0 Å². The number of nitrogens with two attached hydrogens (primary N) is 1. The largest absolute Gasteiger partial charge is 0.397 e. The van der Waals surface area contributed by atoms with Crippen molar-refractivity contribution in [2.24, 2.45) is 5.73 Å². The van der Waals surface area contributed by atoms with Crippen LogP contribution in [0.4, 0.5) is 5.82 Å². The summed E-state index contributed by atoms with van der Waals surface area (Å²) < 4.78 is 2.07. The van der Waals surface area contributed by atoms with E-state index in [4.69, 9.17) is 5.73 Å². The number of aromatic nitrogens is 3. The molecule has 5 heteroatoms. The second-order valence-electron chi connectivity index (χ2n) is 4.73. The summed E-state index contributed by atoms with van der Waals surface area (Å²) in [6.45, 7) is 6.11. The van der Waals surface area contributed by atoms with Gasteiger partial charge in [0.15, 0.2) is 0 Å². The summed E-state index contributed by atoms with van der Waals surface area (Å²) in [7, 11) is 0. The lowest BCUT2D eigenvalue weighted by Gasteiger charge is -2.31. The average Bonchev–Trinajstić information content (AvgIpc) is 2.83. The molecule has 0 saturated heterocycles. The van der Waals surface area contributed by atoms with Gasteiger partial charge < -0.3 is 10.6 Å². The second kappa shape index (κ2) is 4.01. The molecule has 94 valence electrons. The quantitative estimate of drug-likeness (QED) is 0.871. The third kappa shape index (κ3) is 1.47. The van der Waals surface area contributed by atoms with Crippen LogP contribution in [0.25, 0.3) is 11.2 Å². The first kappa shape index (κ1) is 11.1. The molecule has 0 bridgehead atoms. The van der Waals surface area contributed by atoms with E-state index in [0.717, 1.165) is 42.2 Å². The van der Waals surface area contributed by atoms with Crippen LogP contribution < -0.4 is 10.6 Å². The number of imidazole rings is 1. The first-order valence-electron chi connectivity index (χ1n) is 6.24. The summed E-state index contributed by atoms with van der Waals surface area (Å²) in [5.41, 5.74) is 10.0. The van der Waals surface area contributed by atoms with E-state index in [2.05, 4.69) is 33.1 Å². The van der Waals surface area contributed by atoms with Crippen molar-refractivity contribution in [3.05, 3.63) is 30.0 Å². The van der Waals surface area contributed by atoms with Crippen molar-refractivity contribution >= 4 is 17.0 Å². The number of fused-ring (bicyclic) bond motifs is 3. The number of hydrogen-bond acceptors (Lipinski definition) is 4. The van der Waals surface area contributed by atoms with E-state index in [1.54, 1.807) is 0 Å². The molecule has 2 aromatic heterocycles. The minimum atomic E-state index is 0.799. The zero-order chi connectivity index (χ0) is 12.7. The van der Waals surface area contributed by atoms with Gasteiger partial charge in [0.25, 0.3) is 0 Å². The molecule has 0 spiro atoms. The third-order valence-corrected chi connectivity index (χ3v) is 3.37. The predicted molar refractivity (Wildman–Crippen MR) is 72.3 cm³/mol. The van der Waals surface area contributed by atoms with Crippen molar-refractivity contribution in [2.75, 3.05) is 18.0 Å². The normalized spacial score (nSPS) is 15.3. The third-order valence-electron chi connectivity index (χ3n) is 3.37. The monoisotopic (exact) mass is 243 g/mol. The molecule has 1 aliphatic heterocycles. The smallest absolute Gasteiger partial charge is 0.143 e. The second-order valence-corrected chi connectivity index (χ2v) is 4.73. The Labute approximate surface area is 106 Å². The SMILES string of the molecule is CCCN1CC(C)=C(N)c2ncc3cncn3c21. The van der Waals surface area contributed by atoms with Gasteiger partial charge in [-0.25, -0.2) is 9.97 Å². The van der Waals surface area contributed by atoms with Crippen molar-refractivity contribution in [2.45, 2.75) is 20.3 Å². The van der Waals surface area contributed by atoms with Crippen LogP contribution in [0, 0.1) is 0 Å². The van der Waals surface area contributed by atoms with Crippen molar-refractivity contribution in [1.82, 2.24) is 14.4 Å². The Bertz CT molecular complexity index is 625. The van der Waals surface area contributed by atoms with Crippen LogP contribution in [-0.2, 0) is 0 Å². The van der Waals surface area contributed by atoms with Crippen LogP contribution in [0.5, 0.6) is 0 Å². The molecule has 0 radical (unpaired) electrons. The summed E-state index contributed by atoms with van der Waals surface area (Å²) in [5.74, 6) is 1.06. The standard InChI is InChI=1S/C13H17N5/c1-3-4-17-7-9(2)11(14)12-13(17)18-8-15-5-10(18)6-16-12/h5-6,8H,3-4,7,14H2,1-2H3. The molecule has 0 saturated carbocycles. The Morgan fingerprint density at radius 3 is 3.00 bits per heavy atom. The van der Waals surface area contributed by atoms with Gasteiger partial charge in [-0.05, 0) is 18.9 Å². The Morgan fingerprint density at radius 1 is 1.39 bits per heavy atom. The Kier molecular flexibility index (Phi) is 2.47. The summed E-state index contributed by atoms with van der Waals surface area (Å²) >= 11 is 0.